The third-order valence-corrected chi connectivity index (χ3v) is 13.8. The standard InChI is InChI=1S/C52H43B8NO/c53-42-39(32-13-5-2-6-14-32)43(54)47(58)50(46(42)57)61(51-48(59)44(55)40(45(56)49(51)60)33-20-18-29(19-21-33)28-10-3-1-4-11-28)34-25-22-31(23-26-34)35-16-9-17-38-41(35)37-27-24-30-12-7-8-15-36(30)52(37)62-38/h1-27H,53-60H2. The first-order valence-corrected chi connectivity index (χ1v) is 21.8. The molecular formula is C52H43B8NO. The van der Waals surface area contributed by atoms with Crippen molar-refractivity contribution in [3.8, 4) is 44.5 Å². The zero-order valence-electron chi connectivity index (χ0n) is 36.9. The van der Waals surface area contributed by atoms with E-state index in [4.69, 9.17) is 4.42 Å². The summed E-state index contributed by atoms with van der Waals surface area (Å²) in [6.45, 7) is 0. The molecule has 0 atom stereocenters. The fourth-order valence-electron chi connectivity index (χ4n) is 10.1. The van der Waals surface area contributed by atoms with E-state index in [-0.39, 0.29) is 0 Å². The maximum absolute atomic E-state index is 6.60. The van der Waals surface area contributed by atoms with Crippen LogP contribution in [0.15, 0.2) is 168 Å². The van der Waals surface area contributed by atoms with E-state index in [1.807, 2.05) is 0 Å². The van der Waals surface area contributed by atoms with Crippen LogP contribution in [-0.4, -0.2) is 62.8 Å². The van der Waals surface area contributed by atoms with Crippen molar-refractivity contribution >= 4 is 156 Å². The van der Waals surface area contributed by atoms with Gasteiger partial charge in [-0.2, -0.15) is 0 Å². The topological polar surface area (TPSA) is 16.4 Å². The molecule has 0 fully saturated rings. The van der Waals surface area contributed by atoms with E-state index in [0.717, 1.165) is 38.6 Å². The summed E-state index contributed by atoms with van der Waals surface area (Å²) in [6.07, 6.45) is 0. The van der Waals surface area contributed by atoms with Gasteiger partial charge in [-0.25, -0.2) is 0 Å². The van der Waals surface area contributed by atoms with Gasteiger partial charge in [-0.05, 0) is 74.2 Å². The highest BCUT2D eigenvalue weighted by Gasteiger charge is 2.27. The molecule has 2 nitrogen and oxygen atoms in total. The Kier molecular flexibility index (Phi) is 9.99. The third-order valence-electron chi connectivity index (χ3n) is 13.8. The Morgan fingerprint density at radius 3 is 1.39 bits per heavy atom. The van der Waals surface area contributed by atoms with Gasteiger partial charge in [0.05, 0.1) is 0 Å². The van der Waals surface area contributed by atoms with Crippen molar-refractivity contribution < 1.29 is 4.42 Å². The number of fused-ring (bicyclic) bond motifs is 5. The summed E-state index contributed by atoms with van der Waals surface area (Å²) in [4.78, 5) is 2.57. The summed E-state index contributed by atoms with van der Waals surface area (Å²) < 4.78 is 6.60. The molecule has 0 aliphatic carbocycles. The fraction of sp³-hybridized carbons (Fsp3) is 0. The second-order valence-electron chi connectivity index (χ2n) is 17.1. The minimum Gasteiger partial charge on any atom is -0.455 e. The van der Waals surface area contributed by atoms with Crippen LogP contribution in [0.4, 0.5) is 17.1 Å². The molecule has 10 rings (SSSR count). The van der Waals surface area contributed by atoms with E-state index in [1.165, 1.54) is 99.4 Å². The van der Waals surface area contributed by atoms with Crippen molar-refractivity contribution in [1.82, 2.24) is 0 Å². The van der Waals surface area contributed by atoms with Gasteiger partial charge < -0.3 is 9.32 Å². The quantitative estimate of drug-likeness (QED) is 0.224. The predicted octanol–water partition coefficient (Wildman–Crippen LogP) is 0.944. The Hall–Kier alpha value is -6.64. The summed E-state index contributed by atoms with van der Waals surface area (Å²) in [5.74, 6) is 0. The molecule has 1 heterocycles. The molecule has 0 amide bonds. The van der Waals surface area contributed by atoms with E-state index < -0.39 is 0 Å². The van der Waals surface area contributed by atoms with Gasteiger partial charge in [0.1, 0.15) is 73.9 Å². The van der Waals surface area contributed by atoms with Crippen molar-refractivity contribution in [1.29, 1.82) is 0 Å². The molecule has 0 unspecified atom stereocenters. The lowest BCUT2D eigenvalue weighted by molar-refractivity contribution is 0.673. The number of furan rings is 1. The number of hydrogen-bond donors (Lipinski definition) is 0. The van der Waals surface area contributed by atoms with Gasteiger partial charge in [0.15, 0.2) is 0 Å². The van der Waals surface area contributed by atoms with E-state index in [2.05, 4.69) is 231 Å². The zero-order chi connectivity index (χ0) is 42.8. The normalized spacial score (nSPS) is 11.4. The van der Waals surface area contributed by atoms with Crippen molar-refractivity contribution in [3.63, 3.8) is 0 Å². The number of rotatable bonds is 7. The van der Waals surface area contributed by atoms with Crippen molar-refractivity contribution in [2.24, 2.45) is 0 Å². The lowest BCUT2D eigenvalue weighted by Gasteiger charge is -2.36. The van der Waals surface area contributed by atoms with Crippen LogP contribution in [-0.2, 0) is 0 Å². The number of anilines is 3. The lowest BCUT2D eigenvalue weighted by atomic mass is 9.63. The summed E-state index contributed by atoms with van der Waals surface area (Å²) in [5, 5.41) is 4.61. The molecule has 0 aliphatic rings. The van der Waals surface area contributed by atoms with Gasteiger partial charge in [-0.15, -0.1) is 0 Å². The number of benzene rings is 9. The fourth-order valence-corrected chi connectivity index (χ4v) is 10.1. The van der Waals surface area contributed by atoms with Crippen molar-refractivity contribution in [2.75, 3.05) is 4.90 Å². The van der Waals surface area contributed by atoms with Crippen LogP contribution in [0, 0.1) is 0 Å². The van der Waals surface area contributed by atoms with Crippen molar-refractivity contribution in [3.05, 3.63) is 164 Å². The Balaban J connectivity index is 1.16. The molecule has 0 saturated carbocycles. The molecule has 0 radical (unpaired) electrons. The Morgan fingerprint density at radius 2 is 0.806 bits per heavy atom. The second kappa shape index (κ2) is 15.7. The van der Waals surface area contributed by atoms with Crippen LogP contribution in [0.3, 0.4) is 0 Å². The summed E-state index contributed by atoms with van der Waals surface area (Å²) in [5.41, 5.74) is 25.7. The third kappa shape index (κ3) is 6.39. The molecule has 0 aliphatic heterocycles. The highest BCUT2D eigenvalue weighted by atomic mass is 16.3. The molecule has 9 aromatic carbocycles. The minimum atomic E-state index is 0.905. The lowest BCUT2D eigenvalue weighted by Crippen LogP contribution is -2.50. The summed E-state index contributed by atoms with van der Waals surface area (Å²) >= 11 is 0. The Labute approximate surface area is 372 Å². The molecule has 0 N–H and O–H groups in total. The highest BCUT2D eigenvalue weighted by Crippen LogP contribution is 2.40. The van der Waals surface area contributed by atoms with Crippen LogP contribution >= 0.6 is 0 Å². The SMILES string of the molecule is Bc1c(B)c(N(c2ccc(-c3cccc4oc5c6ccccc6ccc5c34)cc2)c2c(B)c(B)c(-c3ccc(-c4ccccc4)cc3)c(B)c2B)c(B)c(B)c1-c1ccccc1. The molecule has 0 spiro atoms. The van der Waals surface area contributed by atoms with Gasteiger partial charge >= 0.3 is 0 Å². The summed E-state index contributed by atoms with van der Waals surface area (Å²) in [7, 11) is 18.5. The first-order chi connectivity index (χ1) is 30.1. The smallest absolute Gasteiger partial charge is 0.143 e. The van der Waals surface area contributed by atoms with Gasteiger partial charge in [-0.1, -0.05) is 183 Å². The molecule has 0 bridgehead atoms. The van der Waals surface area contributed by atoms with E-state index in [9.17, 15) is 0 Å². The maximum Gasteiger partial charge on any atom is 0.143 e. The van der Waals surface area contributed by atoms with Gasteiger partial charge in [-0.3, -0.25) is 0 Å². The average molecular weight is 784 g/mol. The van der Waals surface area contributed by atoms with Crippen molar-refractivity contribution in [2.45, 2.75) is 0 Å². The van der Waals surface area contributed by atoms with Crippen LogP contribution in [0.2, 0.25) is 0 Å². The molecule has 62 heavy (non-hydrogen) atoms. The first kappa shape index (κ1) is 39.5. The van der Waals surface area contributed by atoms with Crippen LogP contribution in [0.1, 0.15) is 0 Å². The van der Waals surface area contributed by atoms with Gasteiger partial charge in [0, 0.05) is 33.2 Å². The minimum absolute atomic E-state index is 0.905. The molecule has 10 heteroatoms. The zero-order valence-corrected chi connectivity index (χ0v) is 36.9. The monoisotopic (exact) mass is 785 g/mol. The average Bonchev–Trinajstić information content (AvgIpc) is 3.71. The van der Waals surface area contributed by atoms with E-state index in [1.54, 1.807) is 0 Å². The first-order valence-electron chi connectivity index (χ1n) is 21.8. The summed E-state index contributed by atoms with van der Waals surface area (Å²) in [6, 6.07) is 59.2. The van der Waals surface area contributed by atoms with Gasteiger partial charge in [0.25, 0.3) is 0 Å². The Bertz CT molecular complexity index is 3310. The Morgan fingerprint density at radius 1 is 0.339 bits per heavy atom. The largest absolute Gasteiger partial charge is 0.455 e. The number of hydrogen-bond acceptors (Lipinski definition) is 2. The molecule has 1 aromatic heterocycles. The number of nitrogens with zero attached hydrogens (tertiary/aromatic N) is 1. The predicted molar refractivity (Wildman–Crippen MR) is 293 cm³/mol. The van der Waals surface area contributed by atoms with Crippen LogP contribution in [0.25, 0.3) is 77.2 Å². The van der Waals surface area contributed by atoms with Gasteiger partial charge in [0.2, 0.25) is 0 Å². The second-order valence-corrected chi connectivity index (χ2v) is 17.1. The van der Waals surface area contributed by atoms with E-state index in [0.29, 0.717) is 0 Å². The highest BCUT2D eigenvalue weighted by molar-refractivity contribution is 6.65. The van der Waals surface area contributed by atoms with Crippen LogP contribution < -0.4 is 48.6 Å². The maximum atomic E-state index is 6.60. The van der Waals surface area contributed by atoms with Crippen LogP contribution in [0.5, 0.6) is 0 Å². The molecule has 0 saturated heterocycles. The van der Waals surface area contributed by atoms with E-state index >= 15 is 0 Å². The molecule has 10 aromatic rings. The molecular weight excluding hydrogens is 741 g/mol. The molecule has 286 valence electrons.